The molecule has 1 atom stereocenters. The molecule has 3 rings (SSSR count). The number of hydrogen-bond donors (Lipinski definition) is 1. The van der Waals surface area contributed by atoms with Gasteiger partial charge in [0.05, 0.1) is 18.2 Å². The molecule has 1 aromatic heterocycles. The minimum absolute atomic E-state index is 0.0423. The molecule has 0 saturated heterocycles. The summed E-state index contributed by atoms with van der Waals surface area (Å²) in [7, 11) is 1.59. The van der Waals surface area contributed by atoms with Crippen molar-refractivity contribution in [2.75, 3.05) is 7.11 Å². The predicted molar refractivity (Wildman–Crippen MR) is 80.2 cm³/mol. The second kappa shape index (κ2) is 5.39. The smallest absolute Gasteiger partial charge is 0.141 e. The van der Waals surface area contributed by atoms with Crippen LogP contribution in [0.4, 0.5) is 4.39 Å². The third-order valence-corrected chi connectivity index (χ3v) is 3.65. The fraction of sp³-hybridized carbons (Fsp3) is 0.125. The number of ether oxygens (including phenoxy) is 1. The topological polar surface area (TPSA) is 48.4 Å². The van der Waals surface area contributed by atoms with Gasteiger partial charge in [0.1, 0.15) is 22.9 Å². The van der Waals surface area contributed by atoms with E-state index in [0.717, 1.165) is 5.39 Å². The van der Waals surface area contributed by atoms with E-state index in [1.165, 1.54) is 12.1 Å². The van der Waals surface area contributed by atoms with Crippen molar-refractivity contribution < 1.29 is 13.5 Å². The highest BCUT2D eigenvalue weighted by Gasteiger charge is 2.16. The Balaban J connectivity index is 2.00. The van der Waals surface area contributed by atoms with E-state index in [9.17, 15) is 4.39 Å². The lowest BCUT2D eigenvalue weighted by atomic mass is 10.1. The molecule has 3 aromatic rings. The van der Waals surface area contributed by atoms with Crippen LogP contribution in [-0.2, 0) is 0 Å². The third-order valence-electron chi connectivity index (χ3n) is 3.36. The molecule has 1 heterocycles. The van der Waals surface area contributed by atoms with E-state index in [0.29, 0.717) is 22.7 Å². The van der Waals surface area contributed by atoms with Crippen LogP contribution in [0.15, 0.2) is 46.9 Å². The molecule has 5 heteroatoms. The van der Waals surface area contributed by atoms with E-state index in [1.54, 1.807) is 19.2 Å². The summed E-state index contributed by atoms with van der Waals surface area (Å²) < 4.78 is 24.1. The third kappa shape index (κ3) is 2.60. The monoisotopic (exact) mass is 305 g/mol. The number of furan rings is 1. The Labute approximate surface area is 126 Å². The largest absolute Gasteiger partial charge is 0.497 e. The highest BCUT2D eigenvalue weighted by molar-refractivity contribution is 6.30. The SMILES string of the molecule is COc1ccc2cc(C(N)c3ccc(F)c(Cl)c3)oc2c1. The van der Waals surface area contributed by atoms with Crippen LogP contribution in [0, 0.1) is 5.82 Å². The van der Waals surface area contributed by atoms with Crippen LogP contribution in [0.5, 0.6) is 5.75 Å². The summed E-state index contributed by atoms with van der Waals surface area (Å²) in [5.41, 5.74) is 7.54. The van der Waals surface area contributed by atoms with Crippen molar-refractivity contribution in [1.82, 2.24) is 0 Å². The van der Waals surface area contributed by atoms with Gasteiger partial charge in [-0.15, -0.1) is 0 Å². The van der Waals surface area contributed by atoms with Crippen LogP contribution >= 0.6 is 11.6 Å². The lowest BCUT2D eigenvalue weighted by molar-refractivity contribution is 0.414. The lowest BCUT2D eigenvalue weighted by Crippen LogP contribution is -2.10. The van der Waals surface area contributed by atoms with E-state index in [1.807, 2.05) is 18.2 Å². The van der Waals surface area contributed by atoms with Gasteiger partial charge in [-0.05, 0) is 35.9 Å². The molecule has 0 radical (unpaired) electrons. The maximum atomic E-state index is 13.2. The number of benzene rings is 2. The maximum absolute atomic E-state index is 13.2. The zero-order valence-electron chi connectivity index (χ0n) is 11.3. The van der Waals surface area contributed by atoms with Crippen molar-refractivity contribution in [3.05, 3.63) is 64.6 Å². The first-order chi connectivity index (χ1) is 10.1. The van der Waals surface area contributed by atoms with Crippen molar-refractivity contribution in [3.63, 3.8) is 0 Å². The average Bonchev–Trinajstić information content (AvgIpc) is 2.92. The van der Waals surface area contributed by atoms with E-state index in [2.05, 4.69) is 0 Å². The van der Waals surface area contributed by atoms with Gasteiger partial charge in [-0.1, -0.05) is 17.7 Å². The minimum Gasteiger partial charge on any atom is -0.497 e. The molecule has 0 amide bonds. The standard InChI is InChI=1S/C16H13ClFNO2/c1-20-11-4-2-9-7-15(21-14(9)8-11)16(19)10-3-5-13(18)12(17)6-10/h2-8,16H,19H2,1H3. The Kier molecular flexibility index (Phi) is 3.57. The molecule has 2 aromatic carbocycles. The van der Waals surface area contributed by atoms with Crippen molar-refractivity contribution in [2.24, 2.45) is 5.73 Å². The number of hydrogen-bond acceptors (Lipinski definition) is 3. The first-order valence-electron chi connectivity index (χ1n) is 6.36. The molecule has 0 aliphatic carbocycles. The summed E-state index contributed by atoms with van der Waals surface area (Å²) in [6.45, 7) is 0. The number of nitrogens with two attached hydrogens (primary N) is 1. The quantitative estimate of drug-likeness (QED) is 0.785. The van der Waals surface area contributed by atoms with Crippen LogP contribution in [0.1, 0.15) is 17.4 Å². The molecular formula is C16H13ClFNO2. The number of halogens is 2. The molecule has 2 N–H and O–H groups in total. The fourth-order valence-electron chi connectivity index (χ4n) is 2.18. The summed E-state index contributed by atoms with van der Waals surface area (Å²) in [5.74, 6) is 0.824. The van der Waals surface area contributed by atoms with Gasteiger partial charge in [0.15, 0.2) is 0 Å². The number of fused-ring (bicyclic) bond motifs is 1. The van der Waals surface area contributed by atoms with Gasteiger partial charge in [-0.3, -0.25) is 0 Å². The highest BCUT2D eigenvalue weighted by atomic mass is 35.5. The number of rotatable bonds is 3. The molecule has 0 spiro atoms. The van der Waals surface area contributed by atoms with Crippen molar-refractivity contribution in [2.45, 2.75) is 6.04 Å². The van der Waals surface area contributed by atoms with Crippen molar-refractivity contribution in [1.29, 1.82) is 0 Å². The Bertz CT molecular complexity index is 800. The predicted octanol–water partition coefficient (Wildman–Crippen LogP) is 4.28. The first kappa shape index (κ1) is 13.9. The van der Waals surface area contributed by atoms with E-state index in [-0.39, 0.29) is 5.02 Å². The van der Waals surface area contributed by atoms with Gasteiger partial charge < -0.3 is 14.9 Å². The van der Waals surface area contributed by atoms with Gasteiger partial charge >= 0.3 is 0 Å². The molecule has 0 fully saturated rings. The Morgan fingerprint density at radius 1 is 1.19 bits per heavy atom. The molecule has 108 valence electrons. The number of methoxy groups -OCH3 is 1. The maximum Gasteiger partial charge on any atom is 0.141 e. The Hall–Kier alpha value is -2.04. The molecule has 21 heavy (non-hydrogen) atoms. The second-order valence-electron chi connectivity index (χ2n) is 4.70. The molecule has 0 aliphatic rings. The van der Waals surface area contributed by atoms with Gasteiger partial charge in [-0.25, -0.2) is 4.39 Å². The fourth-order valence-corrected chi connectivity index (χ4v) is 2.37. The molecule has 0 bridgehead atoms. The summed E-state index contributed by atoms with van der Waals surface area (Å²) in [6, 6.07) is 11.3. The molecule has 1 unspecified atom stereocenters. The average molecular weight is 306 g/mol. The normalized spacial score (nSPS) is 12.6. The summed E-state index contributed by atoms with van der Waals surface area (Å²) >= 11 is 5.79. The Morgan fingerprint density at radius 3 is 2.71 bits per heavy atom. The summed E-state index contributed by atoms with van der Waals surface area (Å²) in [4.78, 5) is 0. The highest BCUT2D eigenvalue weighted by Crippen LogP contribution is 2.30. The zero-order valence-corrected chi connectivity index (χ0v) is 12.0. The van der Waals surface area contributed by atoms with Crippen molar-refractivity contribution in [3.8, 4) is 5.75 Å². The van der Waals surface area contributed by atoms with Crippen LogP contribution in [-0.4, -0.2) is 7.11 Å². The van der Waals surface area contributed by atoms with E-state index >= 15 is 0 Å². The summed E-state index contributed by atoms with van der Waals surface area (Å²) in [6.07, 6.45) is 0. The zero-order chi connectivity index (χ0) is 15.0. The van der Waals surface area contributed by atoms with Crippen LogP contribution in [0.2, 0.25) is 5.02 Å². The van der Waals surface area contributed by atoms with Crippen LogP contribution in [0.25, 0.3) is 11.0 Å². The van der Waals surface area contributed by atoms with Gasteiger partial charge in [-0.2, -0.15) is 0 Å². The molecular weight excluding hydrogens is 293 g/mol. The van der Waals surface area contributed by atoms with Crippen LogP contribution in [0.3, 0.4) is 0 Å². The Morgan fingerprint density at radius 2 is 2.00 bits per heavy atom. The van der Waals surface area contributed by atoms with Crippen LogP contribution < -0.4 is 10.5 Å². The second-order valence-corrected chi connectivity index (χ2v) is 5.11. The van der Waals surface area contributed by atoms with Gasteiger partial charge in [0.25, 0.3) is 0 Å². The lowest BCUT2D eigenvalue weighted by Gasteiger charge is -2.09. The molecule has 3 nitrogen and oxygen atoms in total. The minimum atomic E-state index is -0.513. The van der Waals surface area contributed by atoms with Crippen molar-refractivity contribution >= 4 is 22.6 Å². The van der Waals surface area contributed by atoms with Gasteiger partial charge in [0, 0.05) is 11.5 Å². The summed E-state index contributed by atoms with van der Waals surface area (Å²) in [5, 5.41) is 0.968. The van der Waals surface area contributed by atoms with E-state index in [4.69, 9.17) is 26.5 Å². The molecule has 0 saturated carbocycles. The molecule has 0 aliphatic heterocycles. The first-order valence-corrected chi connectivity index (χ1v) is 6.74. The van der Waals surface area contributed by atoms with E-state index < -0.39 is 11.9 Å². The van der Waals surface area contributed by atoms with Gasteiger partial charge in [0.2, 0.25) is 0 Å².